The van der Waals surface area contributed by atoms with Crippen LogP contribution in [0.25, 0.3) is 10.2 Å². The second-order valence-electron chi connectivity index (χ2n) is 6.66. The number of hydrogen-bond donors (Lipinski definition) is 1. The lowest BCUT2D eigenvalue weighted by molar-refractivity contribution is 0.566. The minimum Gasteiger partial charge on any atom is -0.296 e. The Bertz CT molecular complexity index is 1110. The van der Waals surface area contributed by atoms with Crippen LogP contribution in [-0.4, -0.2) is 13.0 Å². The number of aryl methyl sites for hydroxylation is 1. The maximum Gasteiger partial charge on any atom is 0.308 e. The van der Waals surface area contributed by atoms with E-state index in [9.17, 15) is 13.2 Å². The van der Waals surface area contributed by atoms with Crippen molar-refractivity contribution < 1.29 is 8.42 Å². The number of benzene rings is 2. The molecule has 138 valence electrons. The Morgan fingerprint density at radius 1 is 1.08 bits per heavy atom. The van der Waals surface area contributed by atoms with E-state index in [1.807, 2.05) is 52.0 Å². The Labute approximate surface area is 157 Å². The van der Waals surface area contributed by atoms with Crippen LogP contribution in [0.4, 0.5) is 0 Å². The van der Waals surface area contributed by atoms with Gasteiger partial charge in [0.15, 0.2) is 0 Å². The van der Waals surface area contributed by atoms with Gasteiger partial charge in [-0.1, -0.05) is 35.6 Å². The van der Waals surface area contributed by atoms with Crippen molar-refractivity contribution in [3.63, 3.8) is 0 Å². The molecule has 0 aliphatic carbocycles. The summed E-state index contributed by atoms with van der Waals surface area (Å²) >= 11 is 1.07. The van der Waals surface area contributed by atoms with Gasteiger partial charge in [-0.15, -0.1) is 0 Å². The fraction of sp³-hybridized carbons (Fsp3) is 0.316. The van der Waals surface area contributed by atoms with Gasteiger partial charge in [0.2, 0.25) is 10.0 Å². The van der Waals surface area contributed by atoms with Gasteiger partial charge in [-0.3, -0.25) is 9.36 Å². The quantitative estimate of drug-likeness (QED) is 0.716. The van der Waals surface area contributed by atoms with E-state index in [0.29, 0.717) is 4.70 Å². The SMILES string of the molecule is Cc1ccccc1[C@H](C)NS(=O)(=O)c1ccc2c(c1)sc(=O)n2C(C)C. The molecule has 3 rings (SSSR count). The van der Waals surface area contributed by atoms with Crippen LogP contribution in [0.15, 0.2) is 52.2 Å². The van der Waals surface area contributed by atoms with Crippen molar-refractivity contribution in [3.05, 3.63) is 63.3 Å². The maximum absolute atomic E-state index is 12.8. The highest BCUT2D eigenvalue weighted by Gasteiger charge is 2.21. The number of hydrogen-bond acceptors (Lipinski definition) is 4. The summed E-state index contributed by atoms with van der Waals surface area (Å²) in [7, 11) is -3.69. The van der Waals surface area contributed by atoms with E-state index in [2.05, 4.69) is 4.72 Å². The molecule has 0 aliphatic heterocycles. The zero-order chi connectivity index (χ0) is 19.1. The molecule has 7 heteroatoms. The minimum atomic E-state index is -3.69. The fourth-order valence-electron chi connectivity index (χ4n) is 3.11. The van der Waals surface area contributed by atoms with Crippen molar-refractivity contribution in [3.8, 4) is 0 Å². The van der Waals surface area contributed by atoms with Crippen LogP contribution in [0.3, 0.4) is 0 Å². The standard InChI is InChI=1S/C19H22N2O3S2/c1-12(2)21-17-10-9-15(11-18(17)25-19(21)22)26(23,24)20-14(4)16-8-6-5-7-13(16)3/h5-12,14,20H,1-4H3/t14-/m0/s1. The average Bonchev–Trinajstić information content (AvgIpc) is 2.89. The van der Waals surface area contributed by atoms with Gasteiger partial charge in [-0.05, 0) is 57.0 Å². The van der Waals surface area contributed by atoms with Crippen LogP contribution in [-0.2, 0) is 10.0 Å². The van der Waals surface area contributed by atoms with Gasteiger partial charge in [-0.2, -0.15) is 0 Å². The van der Waals surface area contributed by atoms with E-state index in [1.54, 1.807) is 22.8 Å². The van der Waals surface area contributed by atoms with Crippen LogP contribution in [0.5, 0.6) is 0 Å². The van der Waals surface area contributed by atoms with Crippen LogP contribution < -0.4 is 9.60 Å². The van der Waals surface area contributed by atoms with Gasteiger partial charge in [0.25, 0.3) is 0 Å². The van der Waals surface area contributed by atoms with Gasteiger partial charge < -0.3 is 0 Å². The van der Waals surface area contributed by atoms with Gasteiger partial charge in [0.05, 0.1) is 15.1 Å². The van der Waals surface area contributed by atoms with Gasteiger partial charge >= 0.3 is 4.87 Å². The summed E-state index contributed by atoms with van der Waals surface area (Å²) in [5.41, 5.74) is 2.74. The molecule has 0 saturated carbocycles. The van der Waals surface area contributed by atoms with Crippen molar-refractivity contribution in [2.75, 3.05) is 0 Å². The second kappa shape index (κ2) is 6.98. The third-order valence-electron chi connectivity index (χ3n) is 4.40. The number of thiazole rings is 1. The fourth-order valence-corrected chi connectivity index (χ4v) is 5.49. The molecule has 3 aromatic rings. The van der Waals surface area contributed by atoms with Crippen LogP contribution in [0, 0.1) is 6.92 Å². The van der Waals surface area contributed by atoms with E-state index >= 15 is 0 Å². The first-order valence-corrected chi connectivity index (χ1v) is 10.7. The van der Waals surface area contributed by atoms with Gasteiger partial charge in [0, 0.05) is 12.1 Å². The molecule has 0 bridgehead atoms. The van der Waals surface area contributed by atoms with Crippen LogP contribution in [0.2, 0.25) is 0 Å². The predicted octanol–water partition coefficient (Wildman–Crippen LogP) is 3.99. The van der Waals surface area contributed by atoms with Crippen LogP contribution >= 0.6 is 11.3 Å². The highest BCUT2D eigenvalue weighted by Crippen LogP contribution is 2.25. The molecular formula is C19H22N2O3S2. The van der Waals surface area contributed by atoms with E-state index in [0.717, 1.165) is 28.0 Å². The highest BCUT2D eigenvalue weighted by atomic mass is 32.2. The number of nitrogens with one attached hydrogen (secondary N) is 1. The summed E-state index contributed by atoms with van der Waals surface area (Å²) in [6.45, 7) is 7.65. The van der Waals surface area contributed by atoms with Crippen molar-refractivity contribution in [2.24, 2.45) is 0 Å². The Morgan fingerprint density at radius 2 is 1.77 bits per heavy atom. The van der Waals surface area contributed by atoms with Crippen molar-refractivity contribution in [2.45, 2.75) is 44.7 Å². The molecule has 1 atom stereocenters. The maximum atomic E-state index is 12.8. The first kappa shape index (κ1) is 18.8. The molecule has 0 saturated heterocycles. The van der Waals surface area contributed by atoms with Crippen molar-refractivity contribution >= 4 is 31.6 Å². The monoisotopic (exact) mass is 390 g/mol. The normalized spacial score (nSPS) is 13.4. The number of nitrogens with zero attached hydrogens (tertiary/aromatic N) is 1. The summed E-state index contributed by atoms with van der Waals surface area (Å²) in [6, 6.07) is 12.2. The Morgan fingerprint density at radius 3 is 2.42 bits per heavy atom. The summed E-state index contributed by atoms with van der Waals surface area (Å²) < 4.78 is 30.7. The second-order valence-corrected chi connectivity index (χ2v) is 9.37. The number of fused-ring (bicyclic) bond motifs is 1. The van der Waals surface area contributed by atoms with E-state index < -0.39 is 10.0 Å². The largest absolute Gasteiger partial charge is 0.308 e. The summed E-state index contributed by atoms with van der Waals surface area (Å²) in [5.74, 6) is 0. The minimum absolute atomic E-state index is 0.0258. The lowest BCUT2D eigenvalue weighted by Gasteiger charge is -2.17. The first-order chi connectivity index (χ1) is 12.2. The molecule has 0 fully saturated rings. The Kier molecular flexibility index (Phi) is 5.05. The molecule has 1 N–H and O–H groups in total. The molecule has 0 aliphatic rings. The smallest absolute Gasteiger partial charge is 0.296 e. The molecule has 0 amide bonds. The lowest BCUT2D eigenvalue weighted by atomic mass is 10.0. The summed E-state index contributed by atoms with van der Waals surface area (Å²) in [6.07, 6.45) is 0. The van der Waals surface area contributed by atoms with Crippen molar-refractivity contribution in [1.29, 1.82) is 0 Å². The Balaban J connectivity index is 1.97. The van der Waals surface area contributed by atoms with Crippen molar-refractivity contribution in [1.82, 2.24) is 9.29 Å². The molecule has 0 unspecified atom stereocenters. The number of aromatic nitrogens is 1. The zero-order valence-corrected chi connectivity index (χ0v) is 16.8. The molecule has 2 aromatic carbocycles. The average molecular weight is 391 g/mol. The van der Waals surface area contributed by atoms with E-state index in [-0.39, 0.29) is 21.9 Å². The molecular weight excluding hydrogens is 368 g/mol. The predicted molar refractivity (Wildman–Crippen MR) is 106 cm³/mol. The first-order valence-electron chi connectivity index (χ1n) is 8.43. The summed E-state index contributed by atoms with van der Waals surface area (Å²) in [4.78, 5) is 12.2. The third kappa shape index (κ3) is 3.47. The lowest BCUT2D eigenvalue weighted by Crippen LogP contribution is -2.27. The molecule has 1 aromatic heterocycles. The number of rotatable bonds is 5. The molecule has 1 heterocycles. The van der Waals surface area contributed by atoms with Gasteiger partial charge in [-0.25, -0.2) is 13.1 Å². The third-order valence-corrected chi connectivity index (χ3v) is 6.85. The topological polar surface area (TPSA) is 68.2 Å². The zero-order valence-electron chi connectivity index (χ0n) is 15.2. The van der Waals surface area contributed by atoms with Crippen LogP contribution in [0.1, 0.15) is 44.0 Å². The van der Waals surface area contributed by atoms with E-state index in [1.165, 1.54) is 0 Å². The molecule has 0 radical (unpaired) electrons. The molecule has 0 spiro atoms. The molecule has 26 heavy (non-hydrogen) atoms. The van der Waals surface area contributed by atoms with E-state index in [4.69, 9.17) is 0 Å². The highest BCUT2D eigenvalue weighted by molar-refractivity contribution is 7.89. The Hall–Kier alpha value is -1.96. The number of sulfonamides is 1. The summed E-state index contributed by atoms with van der Waals surface area (Å²) in [5, 5.41) is 0. The molecule has 5 nitrogen and oxygen atoms in total. The van der Waals surface area contributed by atoms with Gasteiger partial charge in [0.1, 0.15) is 0 Å².